The molecule has 0 aliphatic carbocycles. The first-order chi connectivity index (χ1) is 13.8. The van der Waals surface area contributed by atoms with Gasteiger partial charge in [0.15, 0.2) is 0 Å². The minimum Gasteiger partial charge on any atom is -0.498 e. The molecule has 0 amide bonds. The first-order valence-electron chi connectivity index (χ1n) is 8.01. The zero-order valence-corrected chi connectivity index (χ0v) is 15.7. The van der Waals surface area contributed by atoms with E-state index < -0.39 is 43.5 Å². The summed E-state index contributed by atoms with van der Waals surface area (Å²) in [7, 11) is -4.33. The lowest BCUT2D eigenvalue weighted by Gasteiger charge is -2.09. The van der Waals surface area contributed by atoms with E-state index in [2.05, 4.69) is 6.58 Å². The first kappa shape index (κ1) is 21.8. The van der Waals surface area contributed by atoms with E-state index in [1.165, 1.54) is 30.5 Å². The summed E-state index contributed by atoms with van der Waals surface area (Å²) in [5, 5.41) is 22.2. The molecule has 0 N–H and O–H groups in total. The summed E-state index contributed by atoms with van der Waals surface area (Å²) in [6, 6.07) is 8.39. The second kappa shape index (κ2) is 9.61. The molecule has 0 atom stereocenters. The molecule has 0 fully saturated rings. The van der Waals surface area contributed by atoms with Crippen LogP contribution in [0.4, 0.5) is 11.4 Å². The van der Waals surface area contributed by atoms with Gasteiger partial charge in [-0.05, 0) is 30.3 Å². The minimum absolute atomic E-state index is 0.218. The predicted molar refractivity (Wildman–Crippen MR) is 99.8 cm³/mol. The summed E-state index contributed by atoms with van der Waals surface area (Å²) >= 11 is 0. The van der Waals surface area contributed by atoms with Crippen LogP contribution in [0.2, 0.25) is 0 Å². The van der Waals surface area contributed by atoms with Gasteiger partial charge in [0.05, 0.1) is 21.0 Å². The Bertz CT molecular complexity index is 972. The molecule has 29 heavy (non-hydrogen) atoms. The third-order valence-electron chi connectivity index (χ3n) is 3.58. The molecule has 11 nitrogen and oxygen atoms in total. The Kier molecular flexibility index (Phi) is 7.22. The third-order valence-corrected chi connectivity index (χ3v) is 4.86. The molecule has 0 saturated carbocycles. The molecule has 12 heteroatoms. The van der Waals surface area contributed by atoms with Gasteiger partial charge in [-0.3, -0.25) is 24.4 Å². The Labute approximate surface area is 165 Å². The van der Waals surface area contributed by atoms with Crippen LogP contribution in [0.3, 0.4) is 0 Å². The lowest BCUT2D eigenvalue weighted by Crippen LogP contribution is -2.09. The molecule has 0 saturated heterocycles. The molecular weight excluding hydrogens is 408 g/mol. The summed E-state index contributed by atoms with van der Waals surface area (Å²) in [6.45, 7) is 3.00. The Hall–Kier alpha value is -3.51. The number of ether oxygens (including phenoxy) is 2. The second-order valence-corrected chi connectivity index (χ2v) is 6.98. The summed E-state index contributed by atoms with van der Waals surface area (Å²) < 4.78 is 39.7. The topological polar surface area (TPSA) is 148 Å². The fourth-order valence-electron chi connectivity index (χ4n) is 2.25. The van der Waals surface area contributed by atoms with Crippen molar-refractivity contribution in [2.45, 2.75) is 11.5 Å². The van der Waals surface area contributed by atoms with Crippen molar-refractivity contribution in [1.29, 1.82) is 0 Å². The van der Waals surface area contributed by atoms with Crippen molar-refractivity contribution in [3.63, 3.8) is 0 Å². The van der Waals surface area contributed by atoms with Gasteiger partial charge in [-0.1, -0.05) is 6.58 Å². The van der Waals surface area contributed by atoms with Crippen LogP contribution in [0.25, 0.3) is 0 Å². The van der Waals surface area contributed by atoms with Gasteiger partial charge in [-0.25, -0.2) is 0 Å². The summed E-state index contributed by atoms with van der Waals surface area (Å²) in [5.74, 6) is 0.381. The molecule has 0 aromatic heterocycles. The van der Waals surface area contributed by atoms with Gasteiger partial charge in [0, 0.05) is 12.1 Å². The molecular formula is C17H16N2O9S. The van der Waals surface area contributed by atoms with Crippen LogP contribution in [0.15, 0.2) is 60.2 Å². The standard InChI is InChI=1S/C17H16N2O9S/c1-2-26-10-11-27-13-6-8-14(9-7-13)29(24,25)28-12-15-16(18(20)21)4-3-5-17(15)19(22)23/h2-9H,1,10-12H2. The van der Waals surface area contributed by atoms with Crippen LogP contribution in [0.5, 0.6) is 5.75 Å². The Balaban J connectivity index is 2.15. The lowest BCUT2D eigenvalue weighted by atomic mass is 10.1. The minimum atomic E-state index is -4.33. The number of nitrogens with zero attached hydrogens (tertiary/aromatic N) is 2. The van der Waals surface area contributed by atoms with Crippen molar-refractivity contribution in [3.05, 3.63) is 81.1 Å². The SMILES string of the molecule is C=COCCOc1ccc(S(=O)(=O)OCc2c([N+](=O)[O-])cccc2[N+](=O)[O-])cc1. The van der Waals surface area contributed by atoms with Crippen LogP contribution in [0, 0.1) is 20.2 Å². The largest absolute Gasteiger partial charge is 0.498 e. The number of rotatable bonds is 11. The zero-order chi connectivity index (χ0) is 21.4. The number of nitro groups is 2. The fourth-order valence-corrected chi connectivity index (χ4v) is 3.13. The smallest absolute Gasteiger partial charge is 0.297 e. The van der Waals surface area contributed by atoms with Crippen molar-refractivity contribution in [2.75, 3.05) is 13.2 Å². The predicted octanol–water partition coefficient (Wildman–Crippen LogP) is 2.95. The van der Waals surface area contributed by atoms with Crippen LogP contribution < -0.4 is 4.74 Å². The van der Waals surface area contributed by atoms with Crippen LogP contribution in [-0.4, -0.2) is 31.5 Å². The molecule has 0 unspecified atom stereocenters. The van der Waals surface area contributed by atoms with Gasteiger partial charge in [0.1, 0.15) is 31.1 Å². The molecule has 0 spiro atoms. The number of nitro benzene ring substituents is 2. The van der Waals surface area contributed by atoms with E-state index in [-0.39, 0.29) is 18.1 Å². The number of hydrogen-bond acceptors (Lipinski definition) is 9. The van der Waals surface area contributed by atoms with Crippen molar-refractivity contribution in [1.82, 2.24) is 0 Å². The molecule has 0 heterocycles. The maximum atomic E-state index is 12.3. The van der Waals surface area contributed by atoms with Crippen molar-refractivity contribution < 1.29 is 31.9 Å². The van der Waals surface area contributed by atoms with Gasteiger partial charge in [0.2, 0.25) is 0 Å². The quantitative estimate of drug-likeness (QED) is 0.174. The van der Waals surface area contributed by atoms with Crippen molar-refractivity contribution >= 4 is 21.5 Å². The number of hydrogen-bond donors (Lipinski definition) is 0. The molecule has 0 radical (unpaired) electrons. The van der Waals surface area contributed by atoms with Gasteiger partial charge in [-0.2, -0.15) is 8.42 Å². The molecule has 0 bridgehead atoms. The van der Waals surface area contributed by atoms with E-state index in [4.69, 9.17) is 13.7 Å². The zero-order valence-electron chi connectivity index (χ0n) is 14.9. The summed E-state index contributed by atoms with van der Waals surface area (Å²) in [4.78, 5) is 20.3. The molecule has 2 aromatic carbocycles. The van der Waals surface area contributed by atoms with E-state index >= 15 is 0 Å². The highest BCUT2D eigenvalue weighted by atomic mass is 32.2. The van der Waals surface area contributed by atoms with Gasteiger partial charge < -0.3 is 9.47 Å². The van der Waals surface area contributed by atoms with E-state index in [0.29, 0.717) is 5.75 Å². The fraction of sp³-hybridized carbons (Fsp3) is 0.176. The summed E-state index contributed by atoms with van der Waals surface area (Å²) in [5.41, 5.74) is -1.67. The summed E-state index contributed by atoms with van der Waals surface area (Å²) in [6.07, 6.45) is 1.26. The van der Waals surface area contributed by atoms with E-state index in [0.717, 1.165) is 18.2 Å². The van der Waals surface area contributed by atoms with E-state index in [1.807, 2.05) is 0 Å². The molecule has 2 rings (SSSR count). The lowest BCUT2D eigenvalue weighted by molar-refractivity contribution is -0.396. The Morgan fingerprint density at radius 2 is 1.55 bits per heavy atom. The monoisotopic (exact) mass is 424 g/mol. The van der Waals surface area contributed by atoms with Gasteiger partial charge in [-0.15, -0.1) is 0 Å². The second-order valence-electron chi connectivity index (χ2n) is 5.36. The maximum Gasteiger partial charge on any atom is 0.297 e. The average molecular weight is 424 g/mol. The van der Waals surface area contributed by atoms with Gasteiger partial charge in [0.25, 0.3) is 21.5 Å². The van der Waals surface area contributed by atoms with Crippen LogP contribution in [-0.2, 0) is 25.6 Å². The van der Waals surface area contributed by atoms with Gasteiger partial charge >= 0.3 is 0 Å². The Morgan fingerprint density at radius 1 is 0.966 bits per heavy atom. The third kappa shape index (κ3) is 5.73. The molecule has 0 aliphatic heterocycles. The van der Waals surface area contributed by atoms with Crippen LogP contribution in [0.1, 0.15) is 5.56 Å². The van der Waals surface area contributed by atoms with E-state index in [1.54, 1.807) is 0 Å². The average Bonchev–Trinajstić information content (AvgIpc) is 2.69. The van der Waals surface area contributed by atoms with Crippen LogP contribution >= 0.6 is 0 Å². The van der Waals surface area contributed by atoms with Crippen molar-refractivity contribution in [2.24, 2.45) is 0 Å². The Morgan fingerprint density at radius 3 is 2.07 bits per heavy atom. The van der Waals surface area contributed by atoms with E-state index in [9.17, 15) is 28.6 Å². The first-order valence-corrected chi connectivity index (χ1v) is 9.42. The number of benzene rings is 2. The molecule has 154 valence electrons. The molecule has 2 aromatic rings. The highest BCUT2D eigenvalue weighted by Gasteiger charge is 2.27. The molecule has 0 aliphatic rings. The normalized spacial score (nSPS) is 10.9. The van der Waals surface area contributed by atoms with Crippen molar-refractivity contribution in [3.8, 4) is 5.75 Å². The maximum absolute atomic E-state index is 12.3. The highest BCUT2D eigenvalue weighted by molar-refractivity contribution is 7.86. The highest BCUT2D eigenvalue weighted by Crippen LogP contribution is 2.30.